The molecule has 7 heteroatoms. The van der Waals surface area contributed by atoms with Crippen LogP contribution >= 0.6 is 0 Å². The predicted octanol–water partition coefficient (Wildman–Crippen LogP) is 3.40. The maximum absolute atomic E-state index is 12.9. The molecule has 1 aliphatic heterocycles. The first-order valence-electron chi connectivity index (χ1n) is 8.05. The molecule has 0 bridgehead atoms. The molecule has 1 heterocycles. The molecule has 1 aliphatic rings. The number of amidine groups is 1. The van der Waals surface area contributed by atoms with Crippen LogP contribution in [0.4, 0.5) is 4.39 Å². The summed E-state index contributed by atoms with van der Waals surface area (Å²) in [5.41, 5.74) is 2.06. The molecule has 2 aromatic carbocycles. The minimum atomic E-state index is -0.676. The third kappa shape index (κ3) is 3.94. The number of hydrogen-bond donors (Lipinski definition) is 0. The van der Waals surface area contributed by atoms with E-state index in [-0.39, 0.29) is 11.8 Å². The number of hydrazone groups is 1. The van der Waals surface area contributed by atoms with Crippen LogP contribution in [-0.2, 0) is 9.57 Å². The summed E-state index contributed by atoms with van der Waals surface area (Å²) in [5, 5.41) is 9.94. The molecule has 26 heavy (non-hydrogen) atoms. The summed E-state index contributed by atoms with van der Waals surface area (Å²) in [6, 6.07) is 14.8. The number of benzene rings is 2. The summed E-state index contributed by atoms with van der Waals surface area (Å²) in [6.45, 7) is 1.67. The SMILES string of the molecule is COC1CC(c2ccccc2)=NN1/C(C)=N\OC(=O)c1ccc(F)cc1. The number of nitrogens with zero attached hydrogens (tertiary/aromatic N) is 3. The van der Waals surface area contributed by atoms with E-state index in [0.29, 0.717) is 12.3 Å². The van der Waals surface area contributed by atoms with Crippen LogP contribution in [0.2, 0.25) is 0 Å². The second-order valence-corrected chi connectivity index (χ2v) is 5.68. The average molecular weight is 355 g/mol. The first-order valence-corrected chi connectivity index (χ1v) is 8.05. The lowest BCUT2D eigenvalue weighted by molar-refractivity contribution is 0.0211. The van der Waals surface area contributed by atoms with Crippen LogP contribution in [0.3, 0.4) is 0 Å². The number of rotatable bonds is 4. The zero-order valence-electron chi connectivity index (χ0n) is 14.4. The average Bonchev–Trinajstić information content (AvgIpc) is 3.11. The van der Waals surface area contributed by atoms with Crippen molar-refractivity contribution in [3.63, 3.8) is 0 Å². The minimum Gasteiger partial charge on any atom is -0.359 e. The lowest BCUT2D eigenvalue weighted by atomic mass is 10.1. The first-order chi connectivity index (χ1) is 12.6. The van der Waals surface area contributed by atoms with Crippen LogP contribution in [0.15, 0.2) is 64.9 Å². The zero-order valence-corrected chi connectivity index (χ0v) is 14.4. The van der Waals surface area contributed by atoms with E-state index in [1.165, 1.54) is 24.3 Å². The molecule has 1 unspecified atom stereocenters. The molecule has 0 fully saturated rings. The lowest BCUT2D eigenvalue weighted by Crippen LogP contribution is -2.32. The van der Waals surface area contributed by atoms with Crippen LogP contribution in [-0.4, -0.2) is 35.9 Å². The van der Waals surface area contributed by atoms with Crippen LogP contribution in [0.5, 0.6) is 0 Å². The Morgan fingerprint density at radius 2 is 1.88 bits per heavy atom. The fourth-order valence-electron chi connectivity index (χ4n) is 2.55. The van der Waals surface area contributed by atoms with Gasteiger partial charge in [0.25, 0.3) is 0 Å². The molecule has 0 spiro atoms. The summed E-state index contributed by atoms with van der Waals surface area (Å²) in [5.74, 6) is -0.730. The van der Waals surface area contributed by atoms with Gasteiger partial charge in [0.1, 0.15) is 5.82 Å². The van der Waals surface area contributed by atoms with E-state index in [4.69, 9.17) is 9.57 Å². The van der Waals surface area contributed by atoms with Gasteiger partial charge in [0.05, 0.1) is 11.3 Å². The molecule has 0 N–H and O–H groups in total. The summed E-state index contributed by atoms with van der Waals surface area (Å²) < 4.78 is 18.4. The molecule has 3 rings (SSSR count). The molecule has 6 nitrogen and oxygen atoms in total. The minimum absolute atomic E-state index is 0.209. The van der Waals surface area contributed by atoms with Crippen molar-refractivity contribution in [2.75, 3.05) is 7.11 Å². The second kappa shape index (κ2) is 7.88. The van der Waals surface area contributed by atoms with Gasteiger partial charge in [-0.3, -0.25) is 0 Å². The Bertz CT molecular complexity index is 835. The highest BCUT2D eigenvalue weighted by molar-refractivity contribution is 6.03. The second-order valence-electron chi connectivity index (χ2n) is 5.68. The molecule has 0 radical (unpaired) electrons. The molecule has 1 atom stereocenters. The molecule has 0 saturated heterocycles. The Balaban J connectivity index is 1.73. The van der Waals surface area contributed by atoms with Gasteiger partial charge in [-0.25, -0.2) is 14.2 Å². The summed E-state index contributed by atoms with van der Waals surface area (Å²) in [6.07, 6.45) is 0.248. The predicted molar refractivity (Wildman–Crippen MR) is 95.2 cm³/mol. The van der Waals surface area contributed by atoms with Crippen molar-refractivity contribution in [2.45, 2.75) is 19.6 Å². The van der Waals surface area contributed by atoms with E-state index in [0.717, 1.165) is 11.3 Å². The molecule has 134 valence electrons. The van der Waals surface area contributed by atoms with Crippen molar-refractivity contribution in [1.29, 1.82) is 0 Å². The van der Waals surface area contributed by atoms with Crippen molar-refractivity contribution in [3.8, 4) is 0 Å². The fraction of sp³-hybridized carbons (Fsp3) is 0.211. The first kappa shape index (κ1) is 17.8. The zero-order chi connectivity index (χ0) is 18.5. The summed E-state index contributed by atoms with van der Waals surface area (Å²) in [4.78, 5) is 16.9. The highest BCUT2D eigenvalue weighted by atomic mass is 19.1. The Labute approximate surface area is 150 Å². The number of oxime groups is 1. The van der Waals surface area contributed by atoms with Crippen LogP contribution in [0.25, 0.3) is 0 Å². The summed E-state index contributed by atoms with van der Waals surface area (Å²) >= 11 is 0. The van der Waals surface area contributed by atoms with Crippen molar-refractivity contribution < 1.29 is 18.8 Å². The van der Waals surface area contributed by atoms with E-state index >= 15 is 0 Å². The van der Waals surface area contributed by atoms with Gasteiger partial charge in [0, 0.05) is 13.5 Å². The van der Waals surface area contributed by atoms with Gasteiger partial charge in [0.15, 0.2) is 12.1 Å². The molecule has 2 aromatic rings. The monoisotopic (exact) mass is 355 g/mol. The van der Waals surface area contributed by atoms with Crippen LogP contribution < -0.4 is 0 Å². The van der Waals surface area contributed by atoms with E-state index in [1.807, 2.05) is 30.3 Å². The number of hydrogen-bond acceptors (Lipinski definition) is 5. The third-order valence-corrected chi connectivity index (χ3v) is 3.92. The topological polar surface area (TPSA) is 63.5 Å². The van der Waals surface area contributed by atoms with Gasteiger partial charge in [0.2, 0.25) is 0 Å². The Hall–Kier alpha value is -3.06. The van der Waals surface area contributed by atoms with E-state index in [1.54, 1.807) is 19.0 Å². The molecule has 0 aliphatic carbocycles. The third-order valence-electron chi connectivity index (χ3n) is 3.92. The Kier molecular flexibility index (Phi) is 5.38. The standard InChI is InChI=1S/C19H18FN3O3/c1-13(22-26-19(24)15-8-10-16(20)11-9-15)23-18(25-2)12-17(21-23)14-6-4-3-5-7-14/h3-11,18H,12H2,1-2H3/b22-13-. The van der Waals surface area contributed by atoms with Crippen molar-refractivity contribution in [2.24, 2.45) is 10.3 Å². The smallest absolute Gasteiger partial charge is 0.359 e. The highest BCUT2D eigenvalue weighted by Crippen LogP contribution is 2.21. The molecule has 0 amide bonds. The Morgan fingerprint density at radius 3 is 2.54 bits per heavy atom. The van der Waals surface area contributed by atoms with Gasteiger partial charge >= 0.3 is 5.97 Å². The van der Waals surface area contributed by atoms with E-state index in [9.17, 15) is 9.18 Å². The van der Waals surface area contributed by atoms with Crippen molar-refractivity contribution >= 4 is 17.5 Å². The molecular formula is C19H18FN3O3. The number of methoxy groups -OCH3 is 1. The number of ether oxygens (including phenoxy) is 1. The number of carbonyl (C=O) groups is 1. The van der Waals surface area contributed by atoms with Gasteiger partial charge in [-0.2, -0.15) is 5.10 Å². The summed E-state index contributed by atoms with van der Waals surface area (Å²) in [7, 11) is 1.58. The largest absolute Gasteiger partial charge is 0.365 e. The van der Waals surface area contributed by atoms with E-state index in [2.05, 4.69) is 10.3 Å². The van der Waals surface area contributed by atoms with Crippen molar-refractivity contribution in [3.05, 3.63) is 71.5 Å². The number of carbonyl (C=O) groups excluding carboxylic acids is 1. The maximum Gasteiger partial charge on any atom is 0.365 e. The van der Waals surface area contributed by atoms with Crippen LogP contribution in [0.1, 0.15) is 29.3 Å². The van der Waals surface area contributed by atoms with Gasteiger partial charge in [-0.15, -0.1) is 0 Å². The van der Waals surface area contributed by atoms with Gasteiger partial charge < -0.3 is 9.57 Å². The quantitative estimate of drug-likeness (QED) is 0.365. The van der Waals surface area contributed by atoms with Crippen LogP contribution in [0, 0.1) is 5.82 Å². The highest BCUT2D eigenvalue weighted by Gasteiger charge is 2.29. The molecular weight excluding hydrogens is 337 g/mol. The van der Waals surface area contributed by atoms with Crippen molar-refractivity contribution in [1.82, 2.24) is 5.01 Å². The maximum atomic E-state index is 12.9. The normalized spacial score (nSPS) is 17.2. The molecule has 0 aromatic heterocycles. The number of halogens is 1. The van der Waals surface area contributed by atoms with E-state index < -0.39 is 11.8 Å². The lowest BCUT2D eigenvalue weighted by Gasteiger charge is -2.20. The van der Waals surface area contributed by atoms with Gasteiger partial charge in [-0.1, -0.05) is 35.5 Å². The Morgan fingerprint density at radius 1 is 1.19 bits per heavy atom. The fourth-order valence-corrected chi connectivity index (χ4v) is 2.55. The van der Waals surface area contributed by atoms with Gasteiger partial charge in [-0.05, 0) is 36.8 Å². The molecule has 0 saturated carbocycles.